The van der Waals surface area contributed by atoms with Crippen LogP contribution in [-0.2, 0) is 0 Å². The van der Waals surface area contributed by atoms with Gasteiger partial charge in [0.2, 0.25) is 0 Å². The van der Waals surface area contributed by atoms with Gasteiger partial charge in [-0.05, 0) is 68.3 Å². The highest BCUT2D eigenvalue weighted by atomic mass is 79.9. The van der Waals surface area contributed by atoms with E-state index in [4.69, 9.17) is 21.7 Å². The summed E-state index contributed by atoms with van der Waals surface area (Å²) in [6.45, 7) is 0. The largest absolute Gasteiger partial charge is 0.478 e. The van der Waals surface area contributed by atoms with E-state index >= 15 is 0 Å². The highest BCUT2D eigenvalue weighted by Gasteiger charge is 2.04. The molecule has 2 rings (SSSR count). The fourth-order valence-electron chi connectivity index (χ4n) is 1.32. The zero-order valence-electron chi connectivity index (χ0n) is 11.1. The predicted molar refractivity (Wildman–Crippen MR) is 91.0 cm³/mol. The van der Waals surface area contributed by atoms with Crippen molar-refractivity contribution >= 4 is 55.2 Å². The standard InChI is InChI=1S/2C7H6BrNO2/c2*8-5-3-4(7(10)11)1-2-6(5)9/h2*1-3H,9H2,(H,10,11). The van der Waals surface area contributed by atoms with Crippen molar-refractivity contribution in [2.75, 3.05) is 11.5 Å². The van der Waals surface area contributed by atoms with Gasteiger partial charge in [0, 0.05) is 20.3 Å². The smallest absolute Gasteiger partial charge is 0.335 e. The first-order chi connectivity index (χ1) is 10.2. The quantitative estimate of drug-likeness (QED) is 0.539. The van der Waals surface area contributed by atoms with Gasteiger partial charge in [0.05, 0.1) is 11.1 Å². The molecule has 0 fully saturated rings. The van der Waals surface area contributed by atoms with Crippen molar-refractivity contribution in [1.29, 1.82) is 0 Å². The molecule has 2 aromatic rings. The van der Waals surface area contributed by atoms with Crippen molar-refractivity contribution in [3.63, 3.8) is 0 Å². The average Bonchev–Trinajstić information content (AvgIpc) is 2.45. The lowest BCUT2D eigenvalue weighted by Gasteiger charge is -1.98. The Kier molecular flexibility index (Phi) is 6.39. The number of rotatable bonds is 2. The molecule has 116 valence electrons. The van der Waals surface area contributed by atoms with Gasteiger partial charge in [-0.3, -0.25) is 0 Å². The lowest BCUT2D eigenvalue weighted by atomic mass is 10.2. The molecule has 0 heterocycles. The summed E-state index contributed by atoms with van der Waals surface area (Å²) in [7, 11) is 0. The number of aromatic carboxylic acids is 2. The zero-order valence-corrected chi connectivity index (χ0v) is 14.3. The summed E-state index contributed by atoms with van der Waals surface area (Å²) < 4.78 is 1.22. The molecule has 0 unspecified atom stereocenters. The molecule has 8 heteroatoms. The first kappa shape index (κ1) is 18.0. The second kappa shape index (κ2) is 7.81. The van der Waals surface area contributed by atoms with Crippen LogP contribution in [0.5, 0.6) is 0 Å². The van der Waals surface area contributed by atoms with E-state index in [1.807, 2.05) is 0 Å². The number of carboxylic acids is 2. The van der Waals surface area contributed by atoms with E-state index in [9.17, 15) is 9.59 Å². The molecule has 2 aromatic carbocycles. The maximum absolute atomic E-state index is 10.4. The molecular formula is C14H12Br2N2O4. The monoisotopic (exact) mass is 430 g/mol. The van der Waals surface area contributed by atoms with Crippen molar-refractivity contribution in [1.82, 2.24) is 0 Å². The Bertz CT molecular complexity index is 658. The summed E-state index contributed by atoms with van der Waals surface area (Å²) in [6.07, 6.45) is 0. The highest BCUT2D eigenvalue weighted by Crippen LogP contribution is 2.20. The second-order valence-electron chi connectivity index (χ2n) is 4.08. The molecular weight excluding hydrogens is 420 g/mol. The van der Waals surface area contributed by atoms with Gasteiger partial charge in [-0.2, -0.15) is 0 Å². The maximum Gasteiger partial charge on any atom is 0.335 e. The van der Waals surface area contributed by atoms with Gasteiger partial charge in [-0.15, -0.1) is 0 Å². The van der Waals surface area contributed by atoms with Crippen LogP contribution in [-0.4, -0.2) is 22.2 Å². The van der Waals surface area contributed by atoms with E-state index in [2.05, 4.69) is 31.9 Å². The molecule has 0 saturated carbocycles. The van der Waals surface area contributed by atoms with Gasteiger partial charge < -0.3 is 21.7 Å². The Balaban J connectivity index is 0.000000220. The van der Waals surface area contributed by atoms with Crippen LogP contribution in [0.15, 0.2) is 45.3 Å². The molecule has 0 spiro atoms. The number of halogens is 2. The molecule has 22 heavy (non-hydrogen) atoms. The number of hydrogen-bond donors (Lipinski definition) is 4. The molecule has 0 aliphatic heterocycles. The Labute approximate surface area is 143 Å². The van der Waals surface area contributed by atoms with E-state index < -0.39 is 11.9 Å². The van der Waals surface area contributed by atoms with E-state index in [0.29, 0.717) is 20.3 Å². The third kappa shape index (κ3) is 5.05. The van der Waals surface area contributed by atoms with Crippen molar-refractivity contribution in [2.24, 2.45) is 0 Å². The molecule has 0 atom stereocenters. The number of nitrogen functional groups attached to an aromatic ring is 2. The number of carbonyl (C=O) groups is 2. The summed E-state index contributed by atoms with van der Waals surface area (Å²) >= 11 is 6.25. The van der Waals surface area contributed by atoms with E-state index in [1.54, 1.807) is 12.1 Å². The molecule has 6 nitrogen and oxygen atoms in total. The van der Waals surface area contributed by atoms with Crippen molar-refractivity contribution in [3.8, 4) is 0 Å². The minimum atomic E-state index is -0.953. The first-order valence-electron chi connectivity index (χ1n) is 5.79. The molecule has 0 amide bonds. The maximum atomic E-state index is 10.4. The normalized spacial score (nSPS) is 9.55. The number of anilines is 2. The number of nitrogens with two attached hydrogens (primary N) is 2. The van der Waals surface area contributed by atoms with Gasteiger partial charge in [-0.1, -0.05) is 0 Å². The van der Waals surface area contributed by atoms with Crippen molar-refractivity contribution < 1.29 is 19.8 Å². The van der Waals surface area contributed by atoms with Crippen LogP contribution in [0.2, 0.25) is 0 Å². The first-order valence-corrected chi connectivity index (χ1v) is 7.37. The second-order valence-corrected chi connectivity index (χ2v) is 5.79. The molecule has 0 aliphatic carbocycles. The summed E-state index contributed by atoms with van der Waals surface area (Å²) in [6, 6.07) is 8.96. The Morgan fingerprint density at radius 3 is 1.32 bits per heavy atom. The fraction of sp³-hybridized carbons (Fsp3) is 0. The minimum Gasteiger partial charge on any atom is -0.478 e. The number of benzene rings is 2. The molecule has 0 radical (unpaired) electrons. The summed E-state index contributed by atoms with van der Waals surface area (Å²) in [5, 5.41) is 17.1. The molecule has 0 aromatic heterocycles. The van der Waals surface area contributed by atoms with Crippen molar-refractivity contribution in [2.45, 2.75) is 0 Å². The highest BCUT2D eigenvalue weighted by molar-refractivity contribution is 9.11. The third-order valence-electron chi connectivity index (χ3n) is 2.49. The predicted octanol–water partition coefficient (Wildman–Crippen LogP) is 3.46. The van der Waals surface area contributed by atoms with Crippen LogP contribution in [0.1, 0.15) is 20.7 Å². The van der Waals surface area contributed by atoms with E-state index in [1.165, 1.54) is 24.3 Å². The number of hydrogen-bond acceptors (Lipinski definition) is 4. The lowest BCUT2D eigenvalue weighted by molar-refractivity contribution is 0.0686. The van der Waals surface area contributed by atoms with E-state index in [0.717, 1.165) is 0 Å². The van der Waals surface area contributed by atoms with Crippen LogP contribution in [0.4, 0.5) is 11.4 Å². The van der Waals surface area contributed by atoms with Crippen LogP contribution >= 0.6 is 31.9 Å². The molecule has 6 N–H and O–H groups in total. The Morgan fingerprint density at radius 1 is 0.773 bits per heavy atom. The van der Waals surface area contributed by atoms with Gasteiger partial charge >= 0.3 is 11.9 Å². The van der Waals surface area contributed by atoms with E-state index in [-0.39, 0.29) is 11.1 Å². The van der Waals surface area contributed by atoms with Crippen LogP contribution in [0.25, 0.3) is 0 Å². The average molecular weight is 432 g/mol. The minimum absolute atomic E-state index is 0.228. The fourth-order valence-corrected chi connectivity index (χ4v) is 2.08. The van der Waals surface area contributed by atoms with Gasteiger partial charge in [0.1, 0.15) is 0 Å². The molecule has 0 bridgehead atoms. The van der Waals surface area contributed by atoms with Gasteiger partial charge in [-0.25, -0.2) is 9.59 Å². The molecule has 0 saturated heterocycles. The van der Waals surface area contributed by atoms with Gasteiger partial charge in [0.15, 0.2) is 0 Å². The zero-order chi connectivity index (χ0) is 16.9. The number of carboxylic acid groups (broad SMARTS) is 2. The van der Waals surface area contributed by atoms with Crippen LogP contribution in [0.3, 0.4) is 0 Å². The third-order valence-corrected chi connectivity index (χ3v) is 3.87. The summed E-state index contributed by atoms with van der Waals surface area (Å²) in [5.41, 5.74) is 12.4. The van der Waals surface area contributed by atoms with Crippen molar-refractivity contribution in [3.05, 3.63) is 56.5 Å². The summed E-state index contributed by atoms with van der Waals surface area (Å²) in [5.74, 6) is -1.91. The lowest BCUT2D eigenvalue weighted by Crippen LogP contribution is -1.96. The SMILES string of the molecule is Nc1ccc(C(=O)O)cc1Br.Nc1ccc(C(=O)O)cc1Br. The Hall–Kier alpha value is -2.06. The summed E-state index contributed by atoms with van der Waals surface area (Å²) in [4.78, 5) is 20.8. The van der Waals surface area contributed by atoms with Gasteiger partial charge in [0.25, 0.3) is 0 Å². The van der Waals surface area contributed by atoms with Crippen LogP contribution < -0.4 is 11.5 Å². The molecule has 0 aliphatic rings. The topological polar surface area (TPSA) is 127 Å². The Morgan fingerprint density at radius 2 is 1.09 bits per heavy atom. The van der Waals surface area contributed by atoms with Crippen LogP contribution in [0, 0.1) is 0 Å².